The molecule has 0 saturated carbocycles. The molecule has 3 aliphatic carbocycles. The lowest BCUT2D eigenvalue weighted by atomic mass is 9.63. The van der Waals surface area contributed by atoms with Crippen molar-refractivity contribution in [2.75, 3.05) is 0 Å². The molecule has 0 radical (unpaired) electrons. The quantitative estimate of drug-likeness (QED) is 0.0164. The molecular weight excluding hydrogens is 1260 g/mol. The normalized spacial score (nSPS) is 14.4. The second-order valence-corrected chi connectivity index (χ2v) is 30.2. The van der Waals surface area contributed by atoms with Crippen LogP contribution in [0.1, 0.15) is 326 Å². The van der Waals surface area contributed by atoms with Gasteiger partial charge in [-0.05, 0) is 194 Å². The van der Waals surface area contributed by atoms with Crippen molar-refractivity contribution in [2.24, 2.45) is 15.5 Å². The van der Waals surface area contributed by atoms with E-state index in [1.807, 2.05) is 20.8 Å². The number of rotatable bonds is 39. The summed E-state index contributed by atoms with van der Waals surface area (Å²) in [7, 11) is 0. The maximum absolute atomic E-state index is 11.9. The Morgan fingerprint density at radius 2 is 0.480 bits per heavy atom. The molecule has 10 rings (SSSR count). The third kappa shape index (κ3) is 16.6. The van der Waals surface area contributed by atoms with Crippen molar-refractivity contribution in [3.05, 3.63) is 177 Å². The van der Waals surface area contributed by atoms with Gasteiger partial charge >= 0.3 is 17.9 Å². The first kappa shape index (κ1) is 76.6. The van der Waals surface area contributed by atoms with Gasteiger partial charge in [0.05, 0.1) is 17.1 Å². The molecule has 102 heavy (non-hydrogen) atoms. The molecule has 0 heterocycles. The summed E-state index contributed by atoms with van der Waals surface area (Å²) in [6, 6.07) is 49.5. The Hall–Kier alpha value is -8.04. The first-order valence-electron chi connectivity index (χ1n) is 39.7. The summed E-state index contributed by atoms with van der Waals surface area (Å²) < 4.78 is 0. The fraction of sp³-hybridized carbons (Fsp3) is 0.484. The van der Waals surface area contributed by atoms with E-state index in [2.05, 4.69) is 184 Å². The molecule has 9 nitrogen and oxygen atoms in total. The first-order valence-corrected chi connectivity index (χ1v) is 39.7. The molecule has 7 aromatic carbocycles. The Bertz CT molecular complexity index is 3650. The molecule has 0 spiro atoms. The molecule has 0 unspecified atom stereocenters. The van der Waals surface area contributed by atoms with Crippen molar-refractivity contribution >= 4 is 35.0 Å². The average molecular weight is 1370 g/mol. The van der Waals surface area contributed by atoms with Crippen LogP contribution in [0.2, 0.25) is 0 Å². The van der Waals surface area contributed by atoms with Crippen molar-refractivity contribution < 1.29 is 28.9 Å². The summed E-state index contributed by atoms with van der Waals surface area (Å²) in [5.41, 5.74) is 29.4. The second-order valence-electron chi connectivity index (χ2n) is 30.2. The summed E-state index contributed by atoms with van der Waals surface area (Å²) >= 11 is 0. The minimum absolute atomic E-state index is 0.305. The lowest BCUT2D eigenvalue weighted by Gasteiger charge is -2.40. The molecule has 3 aliphatic rings. The fourth-order valence-corrected chi connectivity index (χ4v) is 17.7. The third-order valence-corrected chi connectivity index (χ3v) is 22.9. The minimum Gasteiger partial charge on any atom is -0.318 e. The van der Waals surface area contributed by atoms with Gasteiger partial charge in [-0.1, -0.05) is 320 Å². The van der Waals surface area contributed by atoms with E-state index in [0.717, 1.165) is 110 Å². The lowest BCUT2D eigenvalue weighted by Crippen LogP contribution is -2.31. The van der Waals surface area contributed by atoms with Gasteiger partial charge < -0.3 is 14.5 Å². The van der Waals surface area contributed by atoms with Gasteiger partial charge in [-0.25, -0.2) is 14.4 Å². The Morgan fingerprint density at radius 3 is 0.676 bits per heavy atom. The highest BCUT2D eigenvalue weighted by molar-refractivity contribution is 6.07. The maximum Gasteiger partial charge on any atom is 0.331 e. The van der Waals surface area contributed by atoms with Crippen LogP contribution in [0.5, 0.6) is 0 Å². The van der Waals surface area contributed by atoms with Crippen molar-refractivity contribution in [3.63, 3.8) is 0 Å². The number of hydrogen-bond donors (Lipinski definition) is 0. The van der Waals surface area contributed by atoms with Crippen LogP contribution < -0.4 is 0 Å². The molecule has 0 N–H and O–H groups in total. The Balaban J connectivity index is 1.38. The van der Waals surface area contributed by atoms with Gasteiger partial charge in [0, 0.05) is 37.0 Å². The molecular formula is C93H117N3O6. The van der Waals surface area contributed by atoms with Crippen LogP contribution in [-0.2, 0) is 45.1 Å². The largest absolute Gasteiger partial charge is 0.331 e. The SMILES string of the molecule is CCCCCCC1(CCCCCC)c2cc(-c3ccc(/C(C)=N\OC(C)=O)cc3)ccc2-c2c1c1c(c3c2C(CCCCCC)(CCCCCC)c2cc(-c4ccc(/C(C)=N/OC(C)=O)cc4)ccc2-3)C(CCCCCC)(CCCCCC)c2cc(-c3ccc(/C(C)=N\OC(C)=O)cc3)ccc2-1. The van der Waals surface area contributed by atoms with Crippen LogP contribution in [0.4, 0.5) is 0 Å². The zero-order valence-electron chi connectivity index (χ0n) is 64.1. The molecule has 0 amide bonds. The highest BCUT2D eigenvalue weighted by Crippen LogP contribution is 2.72. The molecule has 9 heteroatoms. The fourth-order valence-electron chi connectivity index (χ4n) is 17.7. The van der Waals surface area contributed by atoms with E-state index in [1.165, 1.54) is 186 Å². The zero-order chi connectivity index (χ0) is 72.4. The number of hydrogen-bond acceptors (Lipinski definition) is 9. The zero-order valence-corrected chi connectivity index (χ0v) is 64.1. The van der Waals surface area contributed by atoms with E-state index in [9.17, 15) is 14.4 Å². The van der Waals surface area contributed by atoms with Crippen LogP contribution in [0.25, 0.3) is 66.8 Å². The number of unbranched alkanes of at least 4 members (excludes halogenated alkanes) is 18. The maximum atomic E-state index is 11.9. The van der Waals surface area contributed by atoms with Crippen molar-refractivity contribution in [1.82, 2.24) is 0 Å². The number of benzene rings is 7. The lowest BCUT2D eigenvalue weighted by molar-refractivity contribution is -0.141. The summed E-state index contributed by atoms with van der Waals surface area (Å²) in [5, 5.41) is 12.6. The van der Waals surface area contributed by atoms with Crippen molar-refractivity contribution in [1.29, 1.82) is 0 Å². The monoisotopic (exact) mass is 1370 g/mol. The van der Waals surface area contributed by atoms with E-state index in [4.69, 9.17) is 14.5 Å². The van der Waals surface area contributed by atoms with E-state index in [0.29, 0.717) is 17.1 Å². The van der Waals surface area contributed by atoms with Crippen molar-refractivity contribution in [2.45, 2.75) is 292 Å². The summed E-state index contributed by atoms with van der Waals surface area (Å²) in [4.78, 5) is 51.2. The van der Waals surface area contributed by atoms with E-state index in [-0.39, 0.29) is 16.2 Å². The Kier molecular flexibility index (Phi) is 27.0. The summed E-state index contributed by atoms with van der Waals surface area (Å²) in [5.74, 6) is -1.30. The standard InChI is InChI=1S/C93H117N3O6/c1-13-19-25-31-55-91(56-32-26-20-14-2)82-61-76(73-43-37-70(38-44-73)64(7)94-100-67(10)97)49-52-79(82)85-88(91)86-80-53-50-77(74-45-39-71(40-46-74)65(8)95-101-68(11)98)62-83(80)92(57-33-27-21-15-3,58-34-28-22-16-4)90(86)87-81-54-51-78(75-47-41-72(42-48-75)66(9)96-102-69(12)99)63-84(81)93(89(85)87,59-35-29-23-17-5)60-36-30-24-18-6/h37-54,61-63H,13-36,55-60H2,1-12H3/b94-64-,95-65-,96-66+. The predicted octanol–water partition coefficient (Wildman–Crippen LogP) is 26.2. The summed E-state index contributed by atoms with van der Waals surface area (Å²) in [6.07, 6.45) is 34.9. The average Bonchev–Trinajstić information content (AvgIpc) is 1.48. The topological polar surface area (TPSA) is 116 Å². The van der Waals surface area contributed by atoms with Crippen LogP contribution in [0, 0.1) is 0 Å². The highest BCUT2D eigenvalue weighted by Gasteiger charge is 2.58. The molecule has 0 aromatic heterocycles. The molecule has 0 atom stereocenters. The van der Waals surface area contributed by atoms with Crippen LogP contribution >= 0.6 is 0 Å². The van der Waals surface area contributed by atoms with E-state index < -0.39 is 17.9 Å². The molecule has 7 aromatic rings. The number of fused-ring (bicyclic) bond motifs is 12. The first-order chi connectivity index (χ1) is 49.5. The molecule has 0 fully saturated rings. The second kappa shape index (κ2) is 35.9. The minimum atomic E-state index is -0.433. The van der Waals surface area contributed by atoms with Crippen LogP contribution in [-0.4, -0.2) is 35.0 Å². The van der Waals surface area contributed by atoms with Gasteiger partial charge in [0.1, 0.15) is 0 Å². The Labute approximate surface area is 612 Å². The molecule has 0 saturated heterocycles. The van der Waals surface area contributed by atoms with Gasteiger partial charge in [-0.15, -0.1) is 0 Å². The number of oxime groups is 3. The number of carbonyl (C=O) groups is 3. The molecule has 0 aliphatic heterocycles. The number of nitrogens with zero attached hydrogens (tertiary/aromatic N) is 3. The van der Waals surface area contributed by atoms with Crippen LogP contribution in [0.3, 0.4) is 0 Å². The summed E-state index contributed by atoms with van der Waals surface area (Å²) in [6.45, 7) is 24.1. The van der Waals surface area contributed by atoms with Gasteiger partial charge in [-0.2, -0.15) is 0 Å². The number of carbonyl (C=O) groups excluding carboxylic acids is 3. The molecule has 0 bridgehead atoms. The van der Waals surface area contributed by atoms with Crippen molar-refractivity contribution in [3.8, 4) is 66.8 Å². The van der Waals surface area contributed by atoms with Gasteiger partial charge in [-0.3, -0.25) is 0 Å². The smallest absolute Gasteiger partial charge is 0.318 e. The van der Waals surface area contributed by atoms with E-state index in [1.54, 1.807) is 33.4 Å². The highest BCUT2D eigenvalue weighted by atomic mass is 16.7. The Morgan fingerprint density at radius 1 is 0.275 bits per heavy atom. The predicted molar refractivity (Wildman–Crippen MR) is 426 cm³/mol. The van der Waals surface area contributed by atoms with E-state index >= 15 is 0 Å². The third-order valence-electron chi connectivity index (χ3n) is 22.9. The van der Waals surface area contributed by atoms with Gasteiger partial charge in [0.25, 0.3) is 0 Å². The van der Waals surface area contributed by atoms with Gasteiger partial charge in [0.2, 0.25) is 0 Å². The van der Waals surface area contributed by atoms with Gasteiger partial charge in [0.15, 0.2) is 0 Å². The molecule has 540 valence electrons. The van der Waals surface area contributed by atoms with Crippen LogP contribution in [0.15, 0.2) is 143 Å².